The molecule has 80 valence electrons. The number of likely N-dealkylation sites (tertiary alicyclic amines) is 1. The molecule has 1 fully saturated rings. The molecule has 0 aromatic heterocycles. The maximum atomic E-state index is 12.1. The molecule has 2 rings (SSSR count). The highest BCUT2D eigenvalue weighted by molar-refractivity contribution is 9.10. The summed E-state index contributed by atoms with van der Waals surface area (Å²) in [6.45, 7) is 1.65. The normalized spacial score (nSPS) is 20.7. The van der Waals surface area contributed by atoms with Gasteiger partial charge in [0.2, 0.25) is 0 Å². The van der Waals surface area contributed by atoms with E-state index in [1.807, 2.05) is 29.2 Å². The number of nitrogens with zero attached hydrogens (tertiary/aromatic N) is 1. The second-order valence-electron chi connectivity index (χ2n) is 3.62. The average molecular weight is 333 g/mol. The fourth-order valence-electron chi connectivity index (χ4n) is 1.71. The highest BCUT2D eigenvalue weighted by Gasteiger charge is 2.25. The first-order valence-corrected chi connectivity index (χ1v) is 6.57. The maximum absolute atomic E-state index is 12.1. The van der Waals surface area contributed by atoms with Crippen LogP contribution in [0.1, 0.15) is 16.8 Å². The van der Waals surface area contributed by atoms with Crippen molar-refractivity contribution in [3.05, 3.63) is 34.3 Å². The molecule has 1 aliphatic rings. The van der Waals surface area contributed by atoms with Crippen molar-refractivity contribution in [3.63, 3.8) is 0 Å². The van der Waals surface area contributed by atoms with E-state index in [4.69, 9.17) is 0 Å². The second-order valence-corrected chi connectivity index (χ2v) is 5.77. The van der Waals surface area contributed by atoms with E-state index in [1.54, 1.807) is 0 Å². The molecule has 0 N–H and O–H groups in total. The molecule has 1 unspecified atom stereocenters. The van der Waals surface area contributed by atoms with Gasteiger partial charge in [-0.3, -0.25) is 4.79 Å². The summed E-state index contributed by atoms with van der Waals surface area (Å²) in [5, 5.41) is 0. The molecule has 4 heteroatoms. The van der Waals surface area contributed by atoms with E-state index in [2.05, 4.69) is 31.9 Å². The quantitative estimate of drug-likeness (QED) is 0.724. The van der Waals surface area contributed by atoms with Gasteiger partial charge in [-0.1, -0.05) is 28.1 Å². The lowest BCUT2D eigenvalue weighted by atomic mass is 10.2. The van der Waals surface area contributed by atoms with Crippen LogP contribution in [0.3, 0.4) is 0 Å². The van der Waals surface area contributed by atoms with E-state index in [0.29, 0.717) is 4.83 Å². The van der Waals surface area contributed by atoms with E-state index in [0.717, 1.165) is 29.5 Å². The predicted molar refractivity (Wildman–Crippen MR) is 67.4 cm³/mol. The van der Waals surface area contributed by atoms with Crippen LogP contribution in [0.4, 0.5) is 0 Å². The van der Waals surface area contributed by atoms with Crippen molar-refractivity contribution in [3.8, 4) is 0 Å². The van der Waals surface area contributed by atoms with Crippen LogP contribution in [0, 0.1) is 0 Å². The molecule has 15 heavy (non-hydrogen) atoms. The molecule has 1 saturated heterocycles. The first-order chi connectivity index (χ1) is 7.18. The molecule has 2 nitrogen and oxygen atoms in total. The van der Waals surface area contributed by atoms with Gasteiger partial charge < -0.3 is 4.90 Å². The molecule has 0 saturated carbocycles. The number of carbonyl (C=O) groups excluding carboxylic acids is 1. The molecule has 1 aliphatic heterocycles. The topological polar surface area (TPSA) is 20.3 Å². The van der Waals surface area contributed by atoms with E-state index < -0.39 is 0 Å². The van der Waals surface area contributed by atoms with Crippen LogP contribution in [0.15, 0.2) is 28.7 Å². The SMILES string of the molecule is O=C(c1ccccc1Br)N1CCC(Br)C1. The predicted octanol–water partition coefficient (Wildman–Crippen LogP) is 3.06. The minimum Gasteiger partial charge on any atom is -0.337 e. The maximum Gasteiger partial charge on any atom is 0.255 e. The highest BCUT2D eigenvalue weighted by Crippen LogP contribution is 2.22. The van der Waals surface area contributed by atoms with Gasteiger partial charge in [0.1, 0.15) is 0 Å². The van der Waals surface area contributed by atoms with Crippen LogP contribution in [-0.2, 0) is 0 Å². The van der Waals surface area contributed by atoms with Gasteiger partial charge in [-0.05, 0) is 34.5 Å². The molecule has 1 heterocycles. The lowest BCUT2D eigenvalue weighted by Gasteiger charge is -2.16. The Hall–Kier alpha value is -0.350. The molecule has 0 spiro atoms. The molecule has 1 atom stereocenters. The summed E-state index contributed by atoms with van der Waals surface area (Å²) in [6, 6.07) is 7.56. The summed E-state index contributed by atoms with van der Waals surface area (Å²) >= 11 is 6.93. The summed E-state index contributed by atoms with van der Waals surface area (Å²) in [4.78, 5) is 14.4. The van der Waals surface area contributed by atoms with E-state index in [-0.39, 0.29) is 5.91 Å². The number of amides is 1. The number of hydrogen-bond acceptors (Lipinski definition) is 1. The molecule has 0 radical (unpaired) electrons. The average Bonchev–Trinajstić information content (AvgIpc) is 2.65. The molecular weight excluding hydrogens is 322 g/mol. The van der Waals surface area contributed by atoms with Crippen LogP contribution in [-0.4, -0.2) is 28.7 Å². The molecule has 0 aliphatic carbocycles. The zero-order valence-electron chi connectivity index (χ0n) is 8.12. The highest BCUT2D eigenvalue weighted by atomic mass is 79.9. The fraction of sp³-hybridized carbons (Fsp3) is 0.364. The first kappa shape index (κ1) is 11.1. The Morgan fingerprint density at radius 3 is 2.73 bits per heavy atom. The van der Waals surface area contributed by atoms with Gasteiger partial charge >= 0.3 is 0 Å². The number of alkyl halides is 1. The largest absolute Gasteiger partial charge is 0.337 e. The van der Waals surface area contributed by atoms with Crippen LogP contribution in [0.2, 0.25) is 0 Å². The third-order valence-electron chi connectivity index (χ3n) is 2.52. The Bertz CT molecular complexity index is 381. The zero-order valence-corrected chi connectivity index (χ0v) is 11.3. The van der Waals surface area contributed by atoms with Crippen molar-refractivity contribution in [2.24, 2.45) is 0 Å². The van der Waals surface area contributed by atoms with Gasteiger partial charge in [-0.15, -0.1) is 0 Å². The second kappa shape index (κ2) is 4.66. The summed E-state index contributed by atoms with van der Waals surface area (Å²) in [5.41, 5.74) is 0.749. The number of rotatable bonds is 1. The van der Waals surface area contributed by atoms with Crippen LogP contribution in [0.25, 0.3) is 0 Å². The number of halogens is 2. The lowest BCUT2D eigenvalue weighted by molar-refractivity contribution is 0.0792. The van der Waals surface area contributed by atoms with Gasteiger partial charge in [0.15, 0.2) is 0 Å². The summed E-state index contributed by atoms with van der Waals surface area (Å²) in [6.07, 6.45) is 1.04. The van der Waals surface area contributed by atoms with E-state index in [1.165, 1.54) is 0 Å². The van der Waals surface area contributed by atoms with Gasteiger partial charge in [0, 0.05) is 22.4 Å². The van der Waals surface area contributed by atoms with Crippen molar-refractivity contribution >= 4 is 37.8 Å². The Balaban J connectivity index is 2.18. The molecule has 1 aromatic rings. The van der Waals surface area contributed by atoms with E-state index in [9.17, 15) is 4.79 Å². The minimum atomic E-state index is 0.115. The lowest BCUT2D eigenvalue weighted by Crippen LogP contribution is -2.28. The summed E-state index contributed by atoms with van der Waals surface area (Å²) in [5.74, 6) is 0.115. The van der Waals surface area contributed by atoms with Crippen molar-refractivity contribution in [1.29, 1.82) is 0 Å². The molecule has 1 amide bonds. The van der Waals surface area contributed by atoms with Crippen molar-refractivity contribution in [2.75, 3.05) is 13.1 Å². The smallest absolute Gasteiger partial charge is 0.255 e. The van der Waals surface area contributed by atoms with Crippen LogP contribution >= 0.6 is 31.9 Å². The number of carbonyl (C=O) groups is 1. The zero-order chi connectivity index (χ0) is 10.8. The fourth-order valence-corrected chi connectivity index (χ4v) is 2.72. The third-order valence-corrected chi connectivity index (χ3v) is 3.96. The number of hydrogen-bond donors (Lipinski definition) is 0. The van der Waals surface area contributed by atoms with Gasteiger partial charge in [-0.2, -0.15) is 0 Å². The van der Waals surface area contributed by atoms with Crippen molar-refractivity contribution in [2.45, 2.75) is 11.2 Å². The van der Waals surface area contributed by atoms with E-state index >= 15 is 0 Å². The van der Waals surface area contributed by atoms with Crippen molar-refractivity contribution in [1.82, 2.24) is 4.90 Å². The summed E-state index contributed by atoms with van der Waals surface area (Å²) < 4.78 is 0.869. The molecule has 1 aromatic carbocycles. The molecular formula is C11H11Br2NO. The Morgan fingerprint density at radius 1 is 1.40 bits per heavy atom. The van der Waals surface area contributed by atoms with Gasteiger partial charge in [0.05, 0.1) is 5.56 Å². The van der Waals surface area contributed by atoms with Crippen LogP contribution in [0.5, 0.6) is 0 Å². The Morgan fingerprint density at radius 2 is 2.13 bits per heavy atom. The van der Waals surface area contributed by atoms with Gasteiger partial charge in [0.25, 0.3) is 5.91 Å². The molecule has 0 bridgehead atoms. The van der Waals surface area contributed by atoms with Gasteiger partial charge in [-0.25, -0.2) is 0 Å². The Labute approximate surface area is 106 Å². The van der Waals surface area contributed by atoms with Crippen LogP contribution < -0.4 is 0 Å². The monoisotopic (exact) mass is 331 g/mol. The van der Waals surface area contributed by atoms with Crippen molar-refractivity contribution < 1.29 is 4.79 Å². The number of benzene rings is 1. The standard InChI is InChI=1S/C11H11Br2NO/c12-8-5-6-14(7-8)11(15)9-3-1-2-4-10(9)13/h1-4,8H,5-7H2. The first-order valence-electron chi connectivity index (χ1n) is 4.86. The summed E-state index contributed by atoms with van der Waals surface area (Å²) in [7, 11) is 0. The third kappa shape index (κ3) is 2.42. The Kier molecular flexibility index (Phi) is 3.46. The minimum absolute atomic E-state index is 0.115.